The highest BCUT2D eigenvalue weighted by Gasteiger charge is 2.08. The Kier molecular flexibility index (Phi) is 6.77. The van der Waals surface area contributed by atoms with Gasteiger partial charge in [0, 0.05) is 23.6 Å². The number of halogens is 1. The Morgan fingerprint density at radius 1 is 1.32 bits per heavy atom. The van der Waals surface area contributed by atoms with E-state index in [0.29, 0.717) is 0 Å². The number of aliphatic hydroxyl groups excluding tert-OH is 2. The molecule has 1 rings (SSSR count). The van der Waals surface area contributed by atoms with Gasteiger partial charge in [-0.15, -0.1) is 0 Å². The van der Waals surface area contributed by atoms with E-state index in [1.54, 1.807) is 6.08 Å². The maximum absolute atomic E-state index is 11.9. The monoisotopic (exact) mass is 327 g/mol. The summed E-state index contributed by atoms with van der Waals surface area (Å²) < 4.78 is 0.924. The Hall–Kier alpha value is -1.17. The van der Waals surface area contributed by atoms with Gasteiger partial charge in [0.15, 0.2) is 0 Å². The van der Waals surface area contributed by atoms with Crippen LogP contribution in [0.2, 0.25) is 0 Å². The highest BCUT2D eigenvalue weighted by atomic mass is 79.9. The minimum atomic E-state index is -0.226. The molecule has 2 N–H and O–H groups in total. The lowest BCUT2D eigenvalue weighted by Crippen LogP contribution is -2.34. The van der Waals surface area contributed by atoms with Crippen molar-refractivity contribution >= 4 is 27.9 Å². The molecular formula is C14H18BrNO3. The summed E-state index contributed by atoms with van der Waals surface area (Å²) in [6, 6.07) is 5.86. The Labute approximate surface area is 121 Å². The predicted octanol–water partition coefficient (Wildman–Crippen LogP) is 1.58. The predicted molar refractivity (Wildman–Crippen MR) is 78.7 cm³/mol. The fourth-order valence-electron chi connectivity index (χ4n) is 1.61. The molecule has 0 bridgehead atoms. The molecule has 0 fully saturated rings. The van der Waals surface area contributed by atoms with E-state index in [2.05, 4.69) is 15.9 Å². The molecule has 104 valence electrons. The summed E-state index contributed by atoms with van der Waals surface area (Å²) in [7, 11) is 0. The third-order valence-electron chi connectivity index (χ3n) is 2.61. The maximum Gasteiger partial charge on any atom is 0.246 e. The van der Waals surface area contributed by atoms with Crippen LogP contribution >= 0.6 is 15.9 Å². The van der Waals surface area contributed by atoms with Gasteiger partial charge in [-0.05, 0) is 30.2 Å². The zero-order valence-electron chi connectivity index (χ0n) is 10.8. The van der Waals surface area contributed by atoms with Crippen molar-refractivity contribution < 1.29 is 15.0 Å². The second kappa shape index (κ2) is 8.09. The van der Waals surface area contributed by atoms with Crippen LogP contribution in [-0.4, -0.2) is 47.3 Å². The number of amides is 1. The van der Waals surface area contributed by atoms with Crippen molar-refractivity contribution in [2.75, 3.05) is 26.3 Å². The SMILES string of the molecule is Cc1ccc(C=CC(=O)N(CCO)CCO)c(Br)c1. The lowest BCUT2D eigenvalue weighted by molar-refractivity contribution is -0.126. The molecule has 0 atom stereocenters. The van der Waals surface area contributed by atoms with Crippen molar-refractivity contribution in [2.24, 2.45) is 0 Å². The minimum absolute atomic E-state index is 0.117. The summed E-state index contributed by atoms with van der Waals surface area (Å²) in [5.41, 5.74) is 2.05. The summed E-state index contributed by atoms with van der Waals surface area (Å²) in [5, 5.41) is 17.7. The van der Waals surface area contributed by atoms with Crippen LogP contribution < -0.4 is 0 Å². The second-order valence-corrected chi connectivity index (χ2v) is 4.99. The van der Waals surface area contributed by atoms with Gasteiger partial charge in [0.25, 0.3) is 0 Å². The largest absolute Gasteiger partial charge is 0.395 e. The van der Waals surface area contributed by atoms with Crippen LogP contribution in [0.5, 0.6) is 0 Å². The molecule has 1 aromatic carbocycles. The van der Waals surface area contributed by atoms with E-state index in [-0.39, 0.29) is 32.2 Å². The van der Waals surface area contributed by atoms with Crippen LogP contribution in [0.25, 0.3) is 6.08 Å². The number of rotatable bonds is 6. The van der Waals surface area contributed by atoms with Gasteiger partial charge in [-0.25, -0.2) is 0 Å². The molecule has 0 heterocycles. The van der Waals surface area contributed by atoms with Crippen LogP contribution in [0.1, 0.15) is 11.1 Å². The lowest BCUT2D eigenvalue weighted by atomic mass is 10.1. The van der Waals surface area contributed by atoms with Crippen molar-refractivity contribution in [1.29, 1.82) is 0 Å². The third-order valence-corrected chi connectivity index (χ3v) is 3.30. The number of carbonyl (C=O) groups excluding carboxylic acids is 1. The standard InChI is InChI=1S/C14H18BrNO3/c1-11-2-3-12(13(15)10-11)4-5-14(19)16(6-8-17)7-9-18/h2-5,10,17-18H,6-9H2,1H3. The van der Waals surface area contributed by atoms with E-state index in [1.165, 1.54) is 11.0 Å². The Morgan fingerprint density at radius 2 is 1.95 bits per heavy atom. The van der Waals surface area contributed by atoms with Gasteiger partial charge in [-0.1, -0.05) is 28.1 Å². The molecule has 0 aliphatic rings. The first-order valence-electron chi connectivity index (χ1n) is 6.03. The zero-order chi connectivity index (χ0) is 14.3. The van der Waals surface area contributed by atoms with Gasteiger partial charge in [-0.3, -0.25) is 4.79 Å². The van der Waals surface area contributed by atoms with Gasteiger partial charge in [0.2, 0.25) is 5.91 Å². The number of carbonyl (C=O) groups is 1. The summed E-state index contributed by atoms with van der Waals surface area (Å²) >= 11 is 3.44. The van der Waals surface area contributed by atoms with E-state index >= 15 is 0 Å². The van der Waals surface area contributed by atoms with Gasteiger partial charge in [0.05, 0.1) is 13.2 Å². The molecule has 0 spiro atoms. The van der Waals surface area contributed by atoms with E-state index < -0.39 is 0 Å². The van der Waals surface area contributed by atoms with Crippen molar-refractivity contribution in [3.8, 4) is 0 Å². The molecule has 1 aromatic rings. The van der Waals surface area contributed by atoms with Gasteiger partial charge < -0.3 is 15.1 Å². The Bertz CT molecular complexity index is 454. The number of hydrogen-bond acceptors (Lipinski definition) is 3. The normalized spacial score (nSPS) is 10.9. The fourth-order valence-corrected chi connectivity index (χ4v) is 2.23. The van der Waals surface area contributed by atoms with Crippen molar-refractivity contribution in [1.82, 2.24) is 4.90 Å². The molecule has 0 aliphatic heterocycles. The number of hydrogen-bond donors (Lipinski definition) is 2. The molecule has 5 heteroatoms. The van der Waals surface area contributed by atoms with Gasteiger partial charge in [-0.2, -0.15) is 0 Å². The molecule has 4 nitrogen and oxygen atoms in total. The molecule has 0 aromatic heterocycles. The summed E-state index contributed by atoms with van der Waals surface area (Å²) in [5.74, 6) is -0.226. The van der Waals surface area contributed by atoms with Crippen LogP contribution in [0.4, 0.5) is 0 Å². The molecular weight excluding hydrogens is 310 g/mol. The Balaban J connectivity index is 2.76. The number of benzene rings is 1. The highest BCUT2D eigenvalue weighted by Crippen LogP contribution is 2.19. The van der Waals surface area contributed by atoms with Crippen molar-refractivity contribution in [3.63, 3.8) is 0 Å². The fraction of sp³-hybridized carbons (Fsp3) is 0.357. The molecule has 0 radical (unpaired) electrons. The highest BCUT2D eigenvalue weighted by molar-refractivity contribution is 9.10. The zero-order valence-corrected chi connectivity index (χ0v) is 12.4. The van der Waals surface area contributed by atoms with E-state index in [4.69, 9.17) is 10.2 Å². The molecule has 0 saturated heterocycles. The summed E-state index contributed by atoms with van der Waals surface area (Å²) in [6.45, 7) is 2.20. The first kappa shape index (κ1) is 15.9. The third kappa shape index (κ3) is 5.14. The van der Waals surface area contributed by atoms with Crippen molar-refractivity contribution in [2.45, 2.75) is 6.92 Å². The van der Waals surface area contributed by atoms with Crippen molar-refractivity contribution in [3.05, 3.63) is 39.9 Å². The smallest absolute Gasteiger partial charge is 0.246 e. The van der Waals surface area contributed by atoms with Crippen LogP contribution in [0, 0.1) is 6.92 Å². The van der Waals surface area contributed by atoms with Gasteiger partial charge >= 0.3 is 0 Å². The average Bonchev–Trinajstić information content (AvgIpc) is 2.37. The topological polar surface area (TPSA) is 60.8 Å². The van der Waals surface area contributed by atoms with Crippen LogP contribution in [0.15, 0.2) is 28.7 Å². The second-order valence-electron chi connectivity index (χ2n) is 4.13. The molecule has 0 unspecified atom stereocenters. The van der Waals surface area contributed by atoms with Gasteiger partial charge in [0.1, 0.15) is 0 Å². The van der Waals surface area contributed by atoms with Crippen LogP contribution in [-0.2, 0) is 4.79 Å². The summed E-state index contributed by atoms with van der Waals surface area (Å²) in [6.07, 6.45) is 3.16. The molecule has 0 aliphatic carbocycles. The summed E-state index contributed by atoms with van der Waals surface area (Å²) in [4.78, 5) is 13.3. The quantitative estimate of drug-likeness (QED) is 0.780. The number of aryl methyl sites for hydroxylation is 1. The number of aliphatic hydroxyl groups is 2. The van der Waals surface area contributed by atoms with E-state index in [0.717, 1.165) is 15.6 Å². The molecule has 0 saturated carbocycles. The maximum atomic E-state index is 11.9. The first-order valence-corrected chi connectivity index (χ1v) is 6.82. The lowest BCUT2D eigenvalue weighted by Gasteiger charge is -2.18. The minimum Gasteiger partial charge on any atom is -0.395 e. The van der Waals surface area contributed by atoms with E-state index in [1.807, 2.05) is 25.1 Å². The van der Waals surface area contributed by atoms with Crippen LogP contribution in [0.3, 0.4) is 0 Å². The number of nitrogens with zero attached hydrogens (tertiary/aromatic N) is 1. The average molecular weight is 328 g/mol. The Morgan fingerprint density at radius 3 is 2.47 bits per heavy atom. The first-order chi connectivity index (χ1) is 9.08. The molecule has 1 amide bonds. The van der Waals surface area contributed by atoms with E-state index in [9.17, 15) is 4.79 Å². The molecule has 19 heavy (non-hydrogen) atoms.